The van der Waals surface area contributed by atoms with Gasteiger partial charge in [0.25, 0.3) is 0 Å². The van der Waals surface area contributed by atoms with Crippen LogP contribution in [-0.2, 0) is 9.71 Å². The molecule has 3 heteroatoms. The Bertz CT molecular complexity index is 309. The molecule has 1 unspecified atom stereocenters. The maximum Gasteiger partial charge on any atom is 0.0524 e. The van der Waals surface area contributed by atoms with Crippen molar-refractivity contribution >= 4 is 15.6 Å². The van der Waals surface area contributed by atoms with E-state index in [1.54, 1.807) is 19.2 Å². The third-order valence-electron chi connectivity index (χ3n) is 1.31. The summed E-state index contributed by atoms with van der Waals surface area (Å²) >= 11 is 0. The second-order valence-corrected chi connectivity index (χ2v) is 4.81. The van der Waals surface area contributed by atoms with Crippen molar-refractivity contribution in [1.82, 2.24) is 4.72 Å². The third kappa shape index (κ3) is 3.55. The molecule has 0 rings (SSSR count). The van der Waals surface area contributed by atoms with Crippen LogP contribution in [0.15, 0.2) is 35.8 Å². The van der Waals surface area contributed by atoms with Gasteiger partial charge in [0.05, 0.1) is 9.71 Å². The van der Waals surface area contributed by atoms with Gasteiger partial charge in [0, 0.05) is 4.91 Å². The summed E-state index contributed by atoms with van der Waals surface area (Å²) in [6.07, 6.45) is 3.42. The zero-order valence-electron chi connectivity index (χ0n) is 7.59. The summed E-state index contributed by atoms with van der Waals surface area (Å²) in [4.78, 5) is 0.480. The van der Waals surface area contributed by atoms with E-state index in [9.17, 15) is 4.21 Å². The first-order valence-corrected chi connectivity index (χ1v) is 5.21. The molecule has 0 amide bonds. The molecule has 0 aromatic carbocycles. The fraction of sp³-hybridized carbons (Fsp3) is 0.222. The number of allylic oxidation sites excluding steroid dienone is 3. The first-order chi connectivity index (χ1) is 5.40. The largest absolute Gasteiger partial charge is 0.248 e. The number of rotatable bonds is 4. The molecule has 1 N–H and O–H groups in total. The van der Waals surface area contributed by atoms with Crippen LogP contribution in [0.1, 0.15) is 6.92 Å². The summed E-state index contributed by atoms with van der Waals surface area (Å²) in [5.74, 6) is 3.50. The van der Waals surface area contributed by atoms with Crippen LogP contribution in [0, 0.1) is 0 Å². The maximum atomic E-state index is 11.5. The minimum absolute atomic E-state index is 0.480. The van der Waals surface area contributed by atoms with Gasteiger partial charge in [-0.1, -0.05) is 24.8 Å². The predicted molar refractivity (Wildman–Crippen MR) is 57.4 cm³/mol. The Hall–Kier alpha value is -0.800. The topological polar surface area (TPSA) is 29.1 Å². The van der Waals surface area contributed by atoms with Crippen LogP contribution >= 0.6 is 0 Å². The summed E-state index contributed by atoms with van der Waals surface area (Å²) < 4.78 is 14.1. The highest BCUT2D eigenvalue weighted by molar-refractivity contribution is 8.02. The molecule has 0 bridgehead atoms. The van der Waals surface area contributed by atoms with Crippen molar-refractivity contribution in [1.29, 1.82) is 0 Å². The summed E-state index contributed by atoms with van der Waals surface area (Å²) in [6.45, 7) is 9.17. The van der Waals surface area contributed by atoms with Crippen LogP contribution in [0.5, 0.6) is 0 Å². The van der Waals surface area contributed by atoms with Crippen LogP contribution < -0.4 is 4.72 Å². The van der Waals surface area contributed by atoms with Crippen molar-refractivity contribution in [3.63, 3.8) is 0 Å². The first-order valence-electron chi connectivity index (χ1n) is 3.48. The fourth-order valence-electron chi connectivity index (χ4n) is 0.476. The highest BCUT2D eigenvalue weighted by Gasteiger charge is 2.00. The maximum absolute atomic E-state index is 11.5. The van der Waals surface area contributed by atoms with E-state index in [0.29, 0.717) is 4.91 Å². The van der Waals surface area contributed by atoms with Crippen molar-refractivity contribution in [3.05, 3.63) is 35.8 Å². The van der Waals surface area contributed by atoms with E-state index in [0.717, 1.165) is 5.57 Å². The lowest BCUT2D eigenvalue weighted by Gasteiger charge is -2.05. The van der Waals surface area contributed by atoms with Gasteiger partial charge in [0.15, 0.2) is 0 Å². The second kappa shape index (κ2) is 4.28. The number of hydrogen-bond donors (Lipinski definition) is 1. The van der Waals surface area contributed by atoms with Crippen molar-refractivity contribution in [3.8, 4) is 0 Å². The van der Waals surface area contributed by atoms with E-state index < -0.39 is 9.71 Å². The minimum atomic E-state index is -2.37. The molecular formula is C9H15NOS. The van der Waals surface area contributed by atoms with E-state index in [4.69, 9.17) is 0 Å². The van der Waals surface area contributed by atoms with Crippen molar-refractivity contribution in [2.24, 2.45) is 0 Å². The average molecular weight is 185 g/mol. The van der Waals surface area contributed by atoms with Crippen LogP contribution in [0.4, 0.5) is 0 Å². The Morgan fingerprint density at radius 2 is 1.92 bits per heavy atom. The summed E-state index contributed by atoms with van der Waals surface area (Å²) in [5.41, 5.74) is 0.891. The Kier molecular flexibility index (Phi) is 4.00. The van der Waals surface area contributed by atoms with Crippen LogP contribution in [0.3, 0.4) is 0 Å². The predicted octanol–water partition coefficient (Wildman–Crippen LogP) is 1.48. The molecule has 2 nitrogen and oxygen atoms in total. The van der Waals surface area contributed by atoms with Crippen molar-refractivity contribution in [2.75, 3.05) is 7.05 Å². The van der Waals surface area contributed by atoms with Crippen molar-refractivity contribution < 1.29 is 4.21 Å². The standard InChI is InChI=1S/C9H15NOS/c1-8(2)6-7-9(3)12(5,11)10-4/h6-7H,1,3,5H2,2,4H3,(H,10,11)/b7-6-. The summed E-state index contributed by atoms with van der Waals surface area (Å²) in [6, 6.07) is 0. The molecule has 0 aromatic rings. The van der Waals surface area contributed by atoms with Gasteiger partial charge < -0.3 is 0 Å². The van der Waals surface area contributed by atoms with Gasteiger partial charge in [-0.05, 0) is 25.9 Å². The molecule has 12 heavy (non-hydrogen) atoms. The molecule has 0 saturated carbocycles. The van der Waals surface area contributed by atoms with Crippen LogP contribution in [-0.4, -0.2) is 17.1 Å². The second-order valence-electron chi connectivity index (χ2n) is 2.53. The Labute approximate surface area is 74.8 Å². The van der Waals surface area contributed by atoms with Gasteiger partial charge in [0.1, 0.15) is 0 Å². The normalized spacial score (nSPS) is 15.8. The number of hydrogen-bond acceptors (Lipinski definition) is 1. The highest BCUT2D eigenvalue weighted by atomic mass is 32.2. The molecular weight excluding hydrogens is 170 g/mol. The minimum Gasteiger partial charge on any atom is -0.248 e. The Balaban J connectivity index is 4.55. The summed E-state index contributed by atoms with van der Waals surface area (Å²) in [5, 5.41) is 0. The molecule has 0 aliphatic heterocycles. The molecule has 0 radical (unpaired) electrons. The van der Waals surface area contributed by atoms with Gasteiger partial charge in [-0.25, -0.2) is 8.93 Å². The molecule has 0 heterocycles. The summed E-state index contributed by atoms with van der Waals surface area (Å²) in [7, 11) is -0.774. The molecule has 1 atom stereocenters. The highest BCUT2D eigenvalue weighted by Crippen LogP contribution is 2.03. The third-order valence-corrected chi connectivity index (χ3v) is 2.95. The monoisotopic (exact) mass is 185 g/mol. The van der Waals surface area contributed by atoms with Gasteiger partial charge in [-0.2, -0.15) is 0 Å². The van der Waals surface area contributed by atoms with E-state index in [2.05, 4.69) is 23.8 Å². The van der Waals surface area contributed by atoms with Gasteiger partial charge in [-0.15, -0.1) is 0 Å². The van der Waals surface area contributed by atoms with E-state index in [1.165, 1.54) is 0 Å². The molecule has 0 spiro atoms. The average Bonchev–Trinajstić information content (AvgIpc) is 2.00. The lowest BCUT2D eigenvalue weighted by atomic mass is 10.3. The van der Waals surface area contributed by atoms with Gasteiger partial charge >= 0.3 is 0 Å². The number of nitrogens with one attached hydrogen (secondary N) is 1. The zero-order chi connectivity index (χ0) is 9.78. The molecule has 0 aromatic heterocycles. The van der Waals surface area contributed by atoms with E-state index in [1.807, 2.05) is 6.92 Å². The van der Waals surface area contributed by atoms with E-state index >= 15 is 0 Å². The van der Waals surface area contributed by atoms with Crippen LogP contribution in [0.25, 0.3) is 0 Å². The molecule has 68 valence electrons. The van der Waals surface area contributed by atoms with E-state index in [-0.39, 0.29) is 0 Å². The molecule has 0 fully saturated rings. The lowest BCUT2D eigenvalue weighted by Crippen LogP contribution is -2.18. The molecule has 0 aliphatic carbocycles. The first kappa shape index (κ1) is 11.2. The van der Waals surface area contributed by atoms with Crippen LogP contribution in [0.2, 0.25) is 0 Å². The Morgan fingerprint density at radius 1 is 1.42 bits per heavy atom. The zero-order valence-corrected chi connectivity index (χ0v) is 8.41. The van der Waals surface area contributed by atoms with Gasteiger partial charge in [-0.3, -0.25) is 0 Å². The molecule has 0 saturated heterocycles. The SMILES string of the molecule is C=C(C)/C=C\C(=C)S(=C)(=O)NC. The molecule has 0 aliphatic rings. The van der Waals surface area contributed by atoms with Gasteiger partial charge in [0.2, 0.25) is 0 Å². The van der Waals surface area contributed by atoms with Crippen molar-refractivity contribution in [2.45, 2.75) is 6.92 Å². The quantitative estimate of drug-likeness (QED) is 0.521. The smallest absolute Gasteiger partial charge is 0.0524 e. The fourth-order valence-corrected chi connectivity index (χ4v) is 1.03. The lowest BCUT2D eigenvalue weighted by molar-refractivity contribution is 0.680. The Morgan fingerprint density at radius 3 is 2.25 bits per heavy atom.